The lowest BCUT2D eigenvalue weighted by Gasteiger charge is -2.21. The molecule has 0 spiro atoms. The molecule has 1 aliphatic heterocycles. The van der Waals surface area contributed by atoms with Gasteiger partial charge in [0.25, 0.3) is 0 Å². The van der Waals surface area contributed by atoms with Gasteiger partial charge in [0.15, 0.2) is 0 Å². The van der Waals surface area contributed by atoms with Crippen molar-refractivity contribution in [2.45, 2.75) is 19.9 Å². The van der Waals surface area contributed by atoms with Gasteiger partial charge < -0.3 is 10.2 Å². The van der Waals surface area contributed by atoms with Crippen LogP contribution in [0.3, 0.4) is 0 Å². The third kappa shape index (κ3) is 4.65. The van der Waals surface area contributed by atoms with Crippen LogP contribution in [0.2, 0.25) is 0 Å². The Bertz CT molecular complexity index is 599. The number of hydrogen-bond acceptors (Lipinski definition) is 5. The fourth-order valence-electron chi connectivity index (χ4n) is 2.19. The van der Waals surface area contributed by atoms with E-state index in [1.54, 1.807) is 22.4 Å². The van der Waals surface area contributed by atoms with Gasteiger partial charge >= 0.3 is 6.03 Å². The SMILES string of the molecule is Cc1ncc(CNC(=O)N2CCCN(S(C)(=O)=O)CC2)s1. The number of aromatic nitrogens is 1. The van der Waals surface area contributed by atoms with Crippen LogP contribution in [0.25, 0.3) is 0 Å². The summed E-state index contributed by atoms with van der Waals surface area (Å²) in [4.78, 5) is 18.9. The average Bonchev–Trinajstić information content (AvgIpc) is 2.66. The smallest absolute Gasteiger partial charge is 0.317 e. The Morgan fingerprint density at radius 2 is 2.14 bits per heavy atom. The normalized spacial score (nSPS) is 17.5. The van der Waals surface area contributed by atoms with Crippen molar-refractivity contribution in [3.05, 3.63) is 16.1 Å². The number of hydrogen-bond donors (Lipinski definition) is 1. The number of aryl methyl sites for hydroxylation is 1. The second-order valence-corrected chi connectivity index (χ2v) is 8.31. The molecule has 0 bridgehead atoms. The number of nitrogens with one attached hydrogen (secondary N) is 1. The number of carbonyl (C=O) groups excluding carboxylic acids is 1. The molecule has 7 nitrogen and oxygen atoms in total. The fourth-order valence-corrected chi connectivity index (χ4v) is 3.80. The summed E-state index contributed by atoms with van der Waals surface area (Å²) in [6, 6.07) is -0.156. The van der Waals surface area contributed by atoms with Gasteiger partial charge in [0.05, 0.1) is 17.8 Å². The Balaban J connectivity index is 1.85. The Morgan fingerprint density at radius 1 is 1.38 bits per heavy atom. The first kappa shape index (κ1) is 16.2. The first-order valence-electron chi connectivity index (χ1n) is 6.75. The van der Waals surface area contributed by atoms with E-state index in [0.717, 1.165) is 9.88 Å². The van der Waals surface area contributed by atoms with Gasteiger partial charge in [-0.25, -0.2) is 22.5 Å². The molecule has 2 rings (SSSR count). The van der Waals surface area contributed by atoms with E-state index in [0.29, 0.717) is 39.1 Å². The first-order chi connectivity index (χ1) is 9.86. The summed E-state index contributed by atoms with van der Waals surface area (Å²) in [7, 11) is -3.18. The van der Waals surface area contributed by atoms with Gasteiger partial charge in [-0.15, -0.1) is 11.3 Å². The molecule has 0 saturated carbocycles. The predicted molar refractivity (Wildman–Crippen MR) is 81.7 cm³/mol. The van der Waals surface area contributed by atoms with Crippen LogP contribution in [0.4, 0.5) is 4.79 Å². The molecule has 0 atom stereocenters. The highest BCUT2D eigenvalue weighted by Gasteiger charge is 2.23. The van der Waals surface area contributed by atoms with Gasteiger partial charge in [-0.05, 0) is 13.3 Å². The van der Waals surface area contributed by atoms with Crippen molar-refractivity contribution in [3.8, 4) is 0 Å². The average molecular weight is 332 g/mol. The van der Waals surface area contributed by atoms with Gasteiger partial charge in [-0.2, -0.15) is 0 Å². The lowest BCUT2D eigenvalue weighted by molar-refractivity contribution is 0.200. The van der Waals surface area contributed by atoms with E-state index in [9.17, 15) is 13.2 Å². The maximum absolute atomic E-state index is 12.1. The second-order valence-electron chi connectivity index (χ2n) is 5.01. The Kier molecular flexibility index (Phi) is 5.17. The molecule has 1 saturated heterocycles. The zero-order chi connectivity index (χ0) is 15.5. The number of urea groups is 1. The second kappa shape index (κ2) is 6.71. The van der Waals surface area contributed by atoms with E-state index in [2.05, 4.69) is 10.3 Å². The third-order valence-corrected chi connectivity index (χ3v) is 5.51. The molecule has 9 heteroatoms. The molecule has 118 valence electrons. The number of nitrogens with zero attached hydrogens (tertiary/aromatic N) is 3. The monoisotopic (exact) mass is 332 g/mol. The highest BCUT2D eigenvalue weighted by Crippen LogP contribution is 2.11. The van der Waals surface area contributed by atoms with Crippen LogP contribution in [0, 0.1) is 6.92 Å². The molecule has 0 unspecified atom stereocenters. The largest absolute Gasteiger partial charge is 0.333 e. The zero-order valence-corrected chi connectivity index (χ0v) is 13.8. The molecule has 21 heavy (non-hydrogen) atoms. The summed E-state index contributed by atoms with van der Waals surface area (Å²) in [5.74, 6) is 0. The number of amides is 2. The maximum atomic E-state index is 12.1. The van der Waals surface area contributed by atoms with Crippen molar-refractivity contribution in [2.24, 2.45) is 0 Å². The lowest BCUT2D eigenvalue weighted by atomic mass is 10.4. The predicted octanol–water partition coefficient (Wildman–Crippen LogP) is 0.628. The summed E-state index contributed by atoms with van der Waals surface area (Å²) >= 11 is 1.55. The summed E-state index contributed by atoms with van der Waals surface area (Å²) in [6.07, 6.45) is 3.61. The van der Waals surface area contributed by atoms with Gasteiger partial charge in [-0.1, -0.05) is 0 Å². The number of sulfonamides is 1. The Hall–Kier alpha value is -1.19. The van der Waals surface area contributed by atoms with Crippen molar-refractivity contribution >= 4 is 27.4 Å². The van der Waals surface area contributed by atoms with Crippen molar-refractivity contribution in [3.63, 3.8) is 0 Å². The molecule has 1 N–H and O–H groups in total. The maximum Gasteiger partial charge on any atom is 0.317 e. The van der Waals surface area contributed by atoms with Gasteiger partial charge in [0.2, 0.25) is 10.0 Å². The topological polar surface area (TPSA) is 82.6 Å². The molecule has 1 aromatic rings. The Labute approximate surface area is 129 Å². The van der Waals surface area contributed by atoms with Crippen LogP contribution in [-0.2, 0) is 16.6 Å². The van der Waals surface area contributed by atoms with Crippen LogP contribution in [0.1, 0.15) is 16.3 Å². The molecule has 1 fully saturated rings. The summed E-state index contributed by atoms with van der Waals surface area (Å²) in [5, 5.41) is 3.82. The van der Waals surface area contributed by atoms with Gasteiger partial charge in [0.1, 0.15) is 0 Å². The highest BCUT2D eigenvalue weighted by molar-refractivity contribution is 7.88. The standard InChI is InChI=1S/C12H20N4O3S2/c1-10-13-8-11(20-10)9-14-12(17)15-4-3-5-16(7-6-15)21(2,18)19/h8H,3-7,9H2,1-2H3,(H,14,17). The molecular formula is C12H20N4O3S2. The van der Waals surface area contributed by atoms with Crippen molar-refractivity contribution < 1.29 is 13.2 Å². The molecule has 2 heterocycles. The minimum Gasteiger partial charge on any atom is -0.333 e. The van der Waals surface area contributed by atoms with Gasteiger partial charge in [0, 0.05) is 37.3 Å². The van der Waals surface area contributed by atoms with Crippen molar-refractivity contribution in [2.75, 3.05) is 32.4 Å². The van der Waals surface area contributed by atoms with E-state index < -0.39 is 10.0 Å². The molecule has 0 radical (unpaired) electrons. The van der Waals surface area contributed by atoms with Crippen molar-refractivity contribution in [1.82, 2.24) is 19.5 Å². The summed E-state index contributed by atoms with van der Waals surface area (Å²) in [5.41, 5.74) is 0. The van der Waals surface area contributed by atoms with Gasteiger partial charge in [-0.3, -0.25) is 0 Å². The van der Waals surface area contributed by atoms with E-state index in [4.69, 9.17) is 0 Å². The molecule has 1 aliphatic rings. The van der Waals surface area contributed by atoms with Crippen LogP contribution >= 0.6 is 11.3 Å². The number of rotatable bonds is 3. The highest BCUT2D eigenvalue weighted by atomic mass is 32.2. The third-order valence-electron chi connectivity index (χ3n) is 3.29. The van der Waals surface area contributed by atoms with Crippen LogP contribution in [0.5, 0.6) is 0 Å². The molecule has 0 aromatic carbocycles. The molecular weight excluding hydrogens is 312 g/mol. The van der Waals surface area contributed by atoms with Crippen LogP contribution < -0.4 is 5.32 Å². The van der Waals surface area contributed by atoms with E-state index in [-0.39, 0.29) is 6.03 Å². The molecule has 1 aromatic heterocycles. The molecule has 0 aliphatic carbocycles. The van der Waals surface area contributed by atoms with Crippen LogP contribution in [0.15, 0.2) is 6.20 Å². The number of carbonyl (C=O) groups is 1. The fraction of sp³-hybridized carbons (Fsp3) is 0.667. The van der Waals surface area contributed by atoms with E-state index in [1.807, 2.05) is 6.92 Å². The minimum atomic E-state index is -3.18. The summed E-state index contributed by atoms with van der Waals surface area (Å²) in [6.45, 7) is 4.18. The molecule has 2 amide bonds. The van der Waals surface area contributed by atoms with E-state index in [1.165, 1.54) is 10.6 Å². The Morgan fingerprint density at radius 3 is 2.76 bits per heavy atom. The first-order valence-corrected chi connectivity index (χ1v) is 9.42. The minimum absolute atomic E-state index is 0.156. The lowest BCUT2D eigenvalue weighted by Crippen LogP contribution is -2.42. The quantitative estimate of drug-likeness (QED) is 0.880. The van der Waals surface area contributed by atoms with Crippen molar-refractivity contribution in [1.29, 1.82) is 0 Å². The van der Waals surface area contributed by atoms with E-state index >= 15 is 0 Å². The van der Waals surface area contributed by atoms with Crippen LogP contribution in [-0.4, -0.2) is 61.1 Å². The summed E-state index contributed by atoms with van der Waals surface area (Å²) < 4.78 is 24.5. The zero-order valence-electron chi connectivity index (χ0n) is 12.2. The number of thiazole rings is 1.